The lowest BCUT2D eigenvalue weighted by atomic mass is 9.89. The van der Waals surface area contributed by atoms with E-state index >= 15 is 0 Å². The number of carbonyl (C=O) groups excluding carboxylic acids is 2. The van der Waals surface area contributed by atoms with Gasteiger partial charge in [0.1, 0.15) is 11.0 Å². The fourth-order valence-electron chi connectivity index (χ4n) is 3.64. The summed E-state index contributed by atoms with van der Waals surface area (Å²) >= 11 is 6.92. The van der Waals surface area contributed by atoms with Gasteiger partial charge in [0.15, 0.2) is 0 Å². The van der Waals surface area contributed by atoms with E-state index in [2.05, 4.69) is 36.2 Å². The molecule has 1 saturated carbocycles. The third-order valence-electron chi connectivity index (χ3n) is 5.33. The molecule has 1 atom stereocenters. The number of phenolic OH excluding ortho intramolecular Hbond substituents is 1. The number of anilines is 4. The molecular weight excluding hydrogens is 454 g/mol. The Bertz CT molecular complexity index is 1000. The zero-order valence-corrected chi connectivity index (χ0v) is 18.8. The molecule has 12 heteroatoms. The first kappa shape index (κ1) is 22.4. The predicted octanol–water partition coefficient (Wildman–Crippen LogP) is 3.73. The Kier molecular flexibility index (Phi) is 7.15. The number of thioether (sulfide) groups is 1. The van der Waals surface area contributed by atoms with Gasteiger partial charge in [-0.15, -0.1) is 0 Å². The molecule has 0 spiro atoms. The van der Waals surface area contributed by atoms with Crippen LogP contribution in [0.25, 0.3) is 0 Å². The van der Waals surface area contributed by atoms with Gasteiger partial charge < -0.3 is 21.1 Å². The molecule has 1 aromatic carbocycles. The lowest BCUT2D eigenvalue weighted by Crippen LogP contribution is -2.29. The molecule has 0 radical (unpaired) electrons. The second-order valence-corrected chi connectivity index (χ2v) is 9.33. The van der Waals surface area contributed by atoms with Gasteiger partial charge in [0.2, 0.25) is 23.8 Å². The largest absolute Gasteiger partial charge is 0.506 e. The maximum Gasteiger partial charge on any atom is 0.286 e. The van der Waals surface area contributed by atoms with E-state index in [1.807, 2.05) is 0 Å². The van der Waals surface area contributed by atoms with Gasteiger partial charge in [-0.05, 0) is 48.7 Å². The fraction of sp³-hybridized carbons (Fsp3) is 0.450. The molecule has 2 aliphatic rings. The van der Waals surface area contributed by atoms with Gasteiger partial charge in [-0.2, -0.15) is 15.0 Å². The van der Waals surface area contributed by atoms with Gasteiger partial charge in [-0.3, -0.25) is 14.9 Å². The van der Waals surface area contributed by atoms with Crippen LogP contribution in [0.5, 0.6) is 5.75 Å². The van der Waals surface area contributed by atoms with Crippen molar-refractivity contribution in [3.8, 4) is 5.75 Å². The van der Waals surface area contributed by atoms with Gasteiger partial charge in [0, 0.05) is 18.8 Å². The number of nitrogens with zero attached hydrogens (tertiary/aromatic N) is 3. The highest BCUT2D eigenvalue weighted by Crippen LogP contribution is 2.28. The van der Waals surface area contributed by atoms with E-state index in [1.54, 1.807) is 12.1 Å². The maximum absolute atomic E-state index is 11.8. The summed E-state index contributed by atoms with van der Waals surface area (Å²) in [4.78, 5) is 36.4. The van der Waals surface area contributed by atoms with Gasteiger partial charge in [0.25, 0.3) is 5.24 Å². The van der Waals surface area contributed by atoms with Crippen LogP contribution in [0.1, 0.15) is 32.1 Å². The highest BCUT2D eigenvalue weighted by atomic mass is 35.5. The Morgan fingerprint density at radius 3 is 2.38 bits per heavy atom. The number of halogens is 1. The molecule has 2 amide bonds. The number of hydrogen-bond donors (Lipinski definition) is 5. The average molecular weight is 478 g/mol. The Labute approximate surface area is 194 Å². The molecule has 2 fully saturated rings. The average Bonchev–Trinajstić information content (AvgIpc) is 3.11. The van der Waals surface area contributed by atoms with Crippen LogP contribution in [-0.2, 0) is 4.79 Å². The second kappa shape index (κ2) is 10.2. The first-order valence-corrected chi connectivity index (χ1v) is 11.7. The summed E-state index contributed by atoms with van der Waals surface area (Å²) in [6, 6.07) is 4.69. The Hall–Kier alpha value is -2.79. The van der Waals surface area contributed by atoms with Crippen LogP contribution >= 0.6 is 23.4 Å². The summed E-state index contributed by atoms with van der Waals surface area (Å²) in [6.45, 7) is 0.960. The summed E-state index contributed by atoms with van der Waals surface area (Å²) in [5.41, 5.74) is 0.597. The molecule has 1 unspecified atom stereocenters. The van der Waals surface area contributed by atoms with Crippen LogP contribution in [0.4, 0.5) is 28.3 Å². The number of benzene rings is 1. The number of carbonyl (C=O) groups is 2. The zero-order chi connectivity index (χ0) is 22.5. The van der Waals surface area contributed by atoms with E-state index in [4.69, 9.17) is 11.6 Å². The quantitative estimate of drug-likeness (QED) is 0.357. The van der Waals surface area contributed by atoms with Gasteiger partial charge in [-0.1, -0.05) is 30.9 Å². The molecule has 1 aromatic heterocycles. The van der Waals surface area contributed by atoms with Gasteiger partial charge in [-0.25, -0.2) is 0 Å². The molecule has 5 N–H and O–H groups in total. The zero-order valence-electron chi connectivity index (χ0n) is 17.2. The summed E-state index contributed by atoms with van der Waals surface area (Å²) in [5.74, 6) is 1.16. The van der Waals surface area contributed by atoms with Crippen molar-refractivity contribution in [3.63, 3.8) is 0 Å². The standard InChI is InChI=1S/C20H24ClN7O3S/c21-13-8-12(6-7-14(13)29)24-19-27-17(22-9-11-4-2-1-3-5-11)26-18(28-19)23-10-15-16(30)25-20(31)32-15/h6-8,11,15,29H,1-5,9-10H2,(H,25,30,31)(H3,22,23,24,26,27,28). The van der Waals surface area contributed by atoms with Crippen molar-refractivity contribution < 1.29 is 14.7 Å². The minimum Gasteiger partial charge on any atom is -0.506 e. The van der Waals surface area contributed by atoms with E-state index in [-0.39, 0.29) is 40.4 Å². The number of aromatic hydroxyl groups is 1. The first-order valence-electron chi connectivity index (χ1n) is 10.5. The first-order chi connectivity index (χ1) is 15.5. The van der Waals surface area contributed by atoms with E-state index in [0.717, 1.165) is 18.3 Å². The molecular formula is C20H24ClN7O3S. The summed E-state index contributed by atoms with van der Waals surface area (Å²) in [6.07, 6.45) is 6.13. The topological polar surface area (TPSA) is 141 Å². The Morgan fingerprint density at radius 1 is 1.03 bits per heavy atom. The van der Waals surface area contributed by atoms with Crippen molar-refractivity contribution >= 4 is 58.0 Å². The van der Waals surface area contributed by atoms with Gasteiger partial charge >= 0.3 is 0 Å². The van der Waals surface area contributed by atoms with Crippen molar-refractivity contribution in [2.45, 2.75) is 37.4 Å². The molecule has 1 saturated heterocycles. The number of rotatable bonds is 8. The molecule has 4 rings (SSSR count). The summed E-state index contributed by atoms with van der Waals surface area (Å²) < 4.78 is 0. The number of hydrogen-bond acceptors (Lipinski definition) is 10. The third kappa shape index (κ3) is 5.92. The predicted molar refractivity (Wildman–Crippen MR) is 125 cm³/mol. The number of aromatic nitrogens is 3. The summed E-state index contributed by atoms with van der Waals surface area (Å²) in [7, 11) is 0. The van der Waals surface area contributed by atoms with E-state index in [1.165, 1.54) is 38.2 Å². The van der Waals surface area contributed by atoms with E-state index < -0.39 is 5.25 Å². The second-order valence-electron chi connectivity index (χ2n) is 7.75. The van der Waals surface area contributed by atoms with Gasteiger partial charge in [0.05, 0.1) is 5.02 Å². The molecule has 0 bridgehead atoms. The van der Waals surface area contributed by atoms with Crippen LogP contribution in [-0.4, -0.2) is 49.5 Å². The van der Waals surface area contributed by atoms with E-state index in [9.17, 15) is 14.7 Å². The van der Waals surface area contributed by atoms with Crippen LogP contribution in [0.2, 0.25) is 5.02 Å². The number of amides is 2. The highest BCUT2D eigenvalue weighted by Gasteiger charge is 2.31. The Balaban J connectivity index is 1.49. The molecule has 170 valence electrons. The summed E-state index contributed by atoms with van der Waals surface area (Å²) in [5, 5.41) is 20.6. The smallest absolute Gasteiger partial charge is 0.286 e. The van der Waals surface area contributed by atoms with Crippen molar-refractivity contribution in [1.29, 1.82) is 0 Å². The fourth-order valence-corrected chi connectivity index (χ4v) is 4.57. The molecule has 1 aliphatic carbocycles. The molecule has 10 nitrogen and oxygen atoms in total. The van der Waals surface area contributed by atoms with Crippen LogP contribution < -0.4 is 21.3 Å². The van der Waals surface area contributed by atoms with Crippen LogP contribution in [0.3, 0.4) is 0 Å². The van der Waals surface area contributed by atoms with Crippen molar-refractivity contribution in [3.05, 3.63) is 23.2 Å². The molecule has 2 heterocycles. The van der Waals surface area contributed by atoms with E-state index in [0.29, 0.717) is 17.6 Å². The van der Waals surface area contributed by atoms with Crippen molar-refractivity contribution in [2.24, 2.45) is 5.92 Å². The van der Waals surface area contributed by atoms with Crippen molar-refractivity contribution in [2.75, 3.05) is 29.0 Å². The Morgan fingerprint density at radius 2 is 1.72 bits per heavy atom. The monoisotopic (exact) mass is 477 g/mol. The normalized spacial score (nSPS) is 19.0. The molecule has 2 aromatic rings. The third-order valence-corrected chi connectivity index (χ3v) is 6.61. The minimum atomic E-state index is -0.551. The maximum atomic E-state index is 11.8. The van der Waals surface area contributed by atoms with Crippen LogP contribution in [0.15, 0.2) is 18.2 Å². The minimum absolute atomic E-state index is 0.0213. The number of imide groups is 1. The van der Waals surface area contributed by atoms with Crippen LogP contribution in [0, 0.1) is 5.92 Å². The van der Waals surface area contributed by atoms with Crippen molar-refractivity contribution in [1.82, 2.24) is 20.3 Å². The highest BCUT2D eigenvalue weighted by molar-refractivity contribution is 8.15. The lowest BCUT2D eigenvalue weighted by Gasteiger charge is -2.22. The number of phenols is 1. The SMILES string of the molecule is O=C1NC(=O)C(CNc2nc(NCC3CCCCC3)nc(Nc3ccc(O)c(Cl)c3)n2)S1. The molecule has 32 heavy (non-hydrogen) atoms. The lowest BCUT2D eigenvalue weighted by molar-refractivity contribution is -0.118. The number of nitrogens with one attached hydrogen (secondary N) is 4. The molecule has 1 aliphatic heterocycles.